The Morgan fingerprint density at radius 1 is 1.72 bits per heavy atom. The summed E-state index contributed by atoms with van der Waals surface area (Å²) in [6.07, 6.45) is 3.76. The fourth-order valence-corrected chi connectivity index (χ4v) is 1.42. The molecular weight excluding hydrogens is 303 g/mol. The molecule has 0 aromatic carbocycles. The summed E-state index contributed by atoms with van der Waals surface area (Å²) in [5.41, 5.74) is 0. The second kappa shape index (κ2) is 5.65. The molecule has 0 saturated heterocycles. The highest BCUT2D eigenvalue weighted by Crippen LogP contribution is 2.29. The van der Waals surface area contributed by atoms with Gasteiger partial charge in [-0.15, -0.1) is 0 Å². The first-order valence-corrected chi connectivity index (χ1v) is 6.71. The zero-order chi connectivity index (χ0) is 13.1. The van der Waals surface area contributed by atoms with Gasteiger partial charge in [-0.3, -0.25) is 4.79 Å². The number of halogens is 2. The summed E-state index contributed by atoms with van der Waals surface area (Å²) in [5.74, 6) is -0.0195. The van der Waals surface area contributed by atoms with Crippen molar-refractivity contribution in [2.75, 3.05) is 11.9 Å². The Bertz CT molecular complexity index is 450. The number of alkyl halides is 1. The van der Waals surface area contributed by atoms with Crippen LogP contribution in [0.3, 0.4) is 0 Å². The number of anilines is 1. The van der Waals surface area contributed by atoms with Gasteiger partial charge in [-0.2, -0.15) is 0 Å². The normalized spacial score (nSPS) is 16.2. The van der Waals surface area contributed by atoms with Crippen molar-refractivity contribution >= 4 is 27.7 Å². The average molecular weight is 317 g/mol. The SMILES string of the molecule is CC(Br)C(=O)Nc1ncc(OCC2CC2)cc1F. The minimum Gasteiger partial charge on any atom is -0.492 e. The van der Waals surface area contributed by atoms with Crippen LogP contribution in [-0.4, -0.2) is 22.3 Å². The number of hydrogen-bond acceptors (Lipinski definition) is 3. The standard InChI is InChI=1S/C12H14BrFN2O2/c1-7(13)12(17)16-11-10(14)4-9(5-15-11)18-6-8-2-3-8/h4-5,7-8H,2-3,6H2,1H3,(H,15,16,17). The zero-order valence-electron chi connectivity index (χ0n) is 9.95. The number of nitrogens with zero attached hydrogens (tertiary/aromatic N) is 1. The molecule has 1 saturated carbocycles. The Hall–Kier alpha value is -1.17. The van der Waals surface area contributed by atoms with E-state index in [0.29, 0.717) is 18.3 Å². The second-order valence-corrected chi connectivity index (χ2v) is 5.73. The molecule has 98 valence electrons. The van der Waals surface area contributed by atoms with E-state index >= 15 is 0 Å². The lowest BCUT2D eigenvalue weighted by molar-refractivity contribution is -0.115. The van der Waals surface area contributed by atoms with Crippen LogP contribution in [-0.2, 0) is 4.79 Å². The van der Waals surface area contributed by atoms with Crippen molar-refractivity contribution in [2.45, 2.75) is 24.6 Å². The fourth-order valence-electron chi connectivity index (χ4n) is 1.31. The van der Waals surface area contributed by atoms with Crippen molar-refractivity contribution in [3.05, 3.63) is 18.1 Å². The maximum absolute atomic E-state index is 13.6. The van der Waals surface area contributed by atoms with Crippen molar-refractivity contribution in [3.63, 3.8) is 0 Å². The van der Waals surface area contributed by atoms with E-state index in [9.17, 15) is 9.18 Å². The third kappa shape index (κ3) is 3.66. The van der Waals surface area contributed by atoms with Crippen molar-refractivity contribution in [2.24, 2.45) is 5.92 Å². The maximum atomic E-state index is 13.6. The molecule has 18 heavy (non-hydrogen) atoms. The zero-order valence-corrected chi connectivity index (χ0v) is 11.5. The first-order valence-electron chi connectivity index (χ1n) is 5.79. The van der Waals surface area contributed by atoms with Gasteiger partial charge in [0.1, 0.15) is 5.75 Å². The molecule has 1 aliphatic rings. The molecular formula is C12H14BrFN2O2. The molecule has 1 aliphatic carbocycles. The third-order valence-corrected chi connectivity index (χ3v) is 3.02. The molecule has 1 amide bonds. The Labute approximate surface area is 113 Å². The third-order valence-electron chi connectivity index (χ3n) is 2.60. The highest BCUT2D eigenvalue weighted by Gasteiger charge is 2.22. The number of carbonyl (C=O) groups is 1. The van der Waals surface area contributed by atoms with Crippen LogP contribution in [0.15, 0.2) is 12.3 Å². The summed E-state index contributed by atoms with van der Waals surface area (Å²) < 4.78 is 19.0. The van der Waals surface area contributed by atoms with Crippen LogP contribution in [0.25, 0.3) is 0 Å². The van der Waals surface area contributed by atoms with E-state index in [1.807, 2.05) is 0 Å². The summed E-state index contributed by atoms with van der Waals surface area (Å²) in [4.78, 5) is 14.8. The minimum absolute atomic E-state index is 0.0786. The van der Waals surface area contributed by atoms with Gasteiger partial charge in [0.25, 0.3) is 0 Å². The van der Waals surface area contributed by atoms with E-state index in [4.69, 9.17) is 4.74 Å². The van der Waals surface area contributed by atoms with Crippen molar-refractivity contribution < 1.29 is 13.9 Å². The Kier molecular flexibility index (Phi) is 4.16. The van der Waals surface area contributed by atoms with E-state index in [1.54, 1.807) is 6.92 Å². The van der Waals surface area contributed by atoms with Crippen molar-refractivity contribution in [1.29, 1.82) is 0 Å². The van der Waals surface area contributed by atoms with Crippen LogP contribution < -0.4 is 10.1 Å². The predicted octanol–water partition coefficient (Wildman–Crippen LogP) is 2.73. The lowest BCUT2D eigenvalue weighted by atomic mass is 10.4. The molecule has 0 bridgehead atoms. The molecule has 0 spiro atoms. The quantitative estimate of drug-likeness (QED) is 0.850. The van der Waals surface area contributed by atoms with Crippen molar-refractivity contribution in [1.82, 2.24) is 4.98 Å². The molecule has 2 rings (SSSR count). The summed E-state index contributed by atoms with van der Waals surface area (Å²) in [5, 5.41) is 2.39. The Balaban J connectivity index is 1.97. The van der Waals surface area contributed by atoms with E-state index in [2.05, 4.69) is 26.2 Å². The number of ether oxygens (including phenoxy) is 1. The molecule has 1 atom stereocenters. The van der Waals surface area contributed by atoms with Gasteiger partial charge in [0.05, 0.1) is 17.6 Å². The van der Waals surface area contributed by atoms with Gasteiger partial charge in [0.2, 0.25) is 5.91 Å². The highest BCUT2D eigenvalue weighted by molar-refractivity contribution is 9.10. The Morgan fingerprint density at radius 2 is 2.44 bits per heavy atom. The molecule has 1 aromatic heterocycles. The molecule has 1 heterocycles. The molecule has 1 fully saturated rings. The molecule has 0 aliphatic heterocycles. The van der Waals surface area contributed by atoms with Gasteiger partial charge in [0.15, 0.2) is 11.6 Å². The fraction of sp³-hybridized carbons (Fsp3) is 0.500. The summed E-state index contributed by atoms with van der Waals surface area (Å²) >= 11 is 3.10. The second-order valence-electron chi connectivity index (χ2n) is 4.36. The van der Waals surface area contributed by atoms with Crippen LogP contribution in [0.5, 0.6) is 5.75 Å². The van der Waals surface area contributed by atoms with Gasteiger partial charge >= 0.3 is 0 Å². The van der Waals surface area contributed by atoms with Crippen LogP contribution in [0.1, 0.15) is 19.8 Å². The number of carbonyl (C=O) groups excluding carboxylic acids is 1. The number of pyridine rings is 1. The number of nitrogens with one attached hydrogen (secondary N) is 1. The van der Waals surface area contributed by atoms with E-state index in [-0.39, 0.29) is 11.7 Å². The molecule has 4 nitrogen and oxygen atoms in total. The van der Waals surface area contributed by atoms with Gasteiger partial charge in [-0.25, -0.2) is 9.37 Å². The van der Waals surface area contributed by atoms with Crippen LogP contribution in [0, 0.1) is 11.7 Å². The van der Waals surface area contributed by atoms with Gasteiger partial charge in [0, 0.05) is 6.07 Å². The largest absolute Gasteiger partial charge is 0.492 e. The van der Waals surface area contributed by atoms with Crippen LogP contribution in [0.4, 0.5) is 10.2 Å². The number of rotatable bonds is 5. The van der Waals surface area contributed by atoms with E-state index < -0.39 is 10.6 Å². The maximum Gasteiger partial charge on any atom is 0.239 e. The molecule has 1 aromatic rings. The summed E-state index contributed by atoms with van der Waals surface area (Å²) in [6.45, 7) is 2.26. The summed E-state index contributed by atoms with van der Waals surface area (Å²) in [6, 6.07) is 1.24. The number of aromatic nitrogens is 1. The Morgan fingerprint density at radius 3 is 3.00 bits per heavy atom. The van der Waals surface area contributed by atoms with Gasteiger partial charge in [-0.1, -0.05) is 15.9 Å². The molecule has 1 N–H and O–H groups in total. The number of amides is 1. The molecule has 1 unspecified atom stereocenters. The number of hydrogen-bond donors (Lipinski definition) is 1. The topological polar surface area (TPSA) is 51.2 Å². The smallest absolute Gasteiger partial charge is 0.239 e. The lowest BCUT2D eigenvalue weighted by Crippen LogP contribution is -2.21. The predicted molar refractivity (Wildman–Crippen MR) is 69.4 cm³/mol. The lowest BCUT2D eigenvalue weighted by Gasteiger charge is -2.09. The van der Waals surface area contributed by atoms with Gasteiger partial charge < -0.3 is 10.1 Å². The minimum atomic E-state index is -0.593. The monoisotopic (exact) mass is 316 g/mol. The van der Waals surface area contributed by atoms with Crippen LogP contribution >= 0.6 is 15.9 Å². The van der Waals surface area contributed by atoms with Crippen LogP contribution in [0.2, 0.25) is 0 Å². The average Bonchev–Trinajstić information content (AvgIpc) is 3.13. The first kappa shape index (κ1) is 13.3. The highest BCUT2D eigenvalue weighted by atomic mass is 79.9. The first-order chi connectivity index (χ1) is 8.56. The summed E-state index contributed by atoms with van der Waals surface area (Å²) in [7, 11) is 0. The molecule has 0 radical (unpaired) electrons. The molecule has 6 heteroatoms. The van der Waals surface area contributed by atoms with E-state index in [0.717, 1.165) is 0 Å². The van der Waals surface area contributed by atoms with Gasteiger partial charge in [-0.05, 0) is 25.7 Å². The van der Waals surface area contributed by atoms with E-state index in [1.165, 1.54) is 25.1 Å². The van der Waals surface area contributed by atoms with Crippen molar-refractivity contribution in [3.8, 4) is 5.75 Å².